The zero-order valence-electron chi connectivity index (χ0n) is 15.9. The molecule has 5 nitrogen and oxygen atoms in total. The highest BCUT2D eigenvalue weighted by Gasteiger charge is 2.27. The Bertz CT molecular complexity index is 833. The van der Waals surface area contributed by atoms with Crippen LogP contribution >= 0.6 is 11.3 Å². The molecule has 0 spiro atoms. The fraction of sp³-hybridized carbons (Fsp3) is 0.524. The third-order valence-corrected chi connectivity index (χ3v) is 7.03. The fourth-order valence-electron chi connectivity index (χ4n) is 4.07. The number of amides is 2. The molecule has 3 heterocycles. The molecular formula is C21H27N3O2S. The second-order valence-electron chi connectivity index (χ2n) is 7.56. The highest BCUT2D eigenvalue weighted by Crippen LogP contribution is 2.31. The Labute approximate surface area is 164 Å². The van der Waals surface area contributed by atoms with Gasteiger partial charge in [0.1, 0.15) is 0 Å². The van der Waals surface area contributed by atoms with Crippen LogP contribution < -0.4 is 0 Å². The van der Waals surface area contributed by atoms with Crippen molar-refractivity contribution in [3.63, 3.8) is 0 Å². The summed E-state index contributed by atoms with van der Waals surface area (Å²) in [5, 5.41) is 1.18. The van der Waals surface area contributed by atoms with Crippen LogP contribution in [0.15, 0.2) is 24.3 Å². The van der Waals surface area contributed by atoms with E-state index in [1.165, 1.54) is 16.5 Å². The lowest BCUT2D eigenvalue weighted by atomic mass is 10.1. The molecule has 6 heteroatoms. The Hall–Kier alpha value is -1.92. The van der Waals surface area contributed by atoms with Crippen LogP contribution in [0.25, 0.3) is 10.1 Å². The third-order valence-electron chi connectivity index (χ3n) is 5.77. The maximum absolute atomic E-state index is 13.0. The lowest BCUT2D eigenvalue weighted by Gasteiger charge is -2.36. The summed E-state index contributed by atoms with van der Waals surface area (Å²) in [5.41, 5.74) is 1.09. The van der Waals surface area contributed by atoms with Gasteiger partial charge in [0.25, 0.3) is 5.91 Å². The third kappa shape index (κ3) is 3.87. The summed E-state index contributed by atoms with van der Waals surface area (Å²) in [5.74, 6) is 0.380. The Morgan fingerprint density at radius 2 is 1.63 bits per heavy atom. The molecule has 1 aromatic carbocycles. The Morgan fingerprint density at radius 3 is 2.33 bits per heavy atom. The SMILES string of the molecule is Cc1c(C(=O)N2CCN(CC(=O)N3CCCCC3)CC2)sc2ccccc12. The van der Waals surface area contributed by atoms with Gasteiger partial charge in [0.2, 0.25) is 5.91 Å². The van der Waals surface area contributed by atoms with Crippen molar-refractivity contribution >= 4 is 33.2 Å². The van der Waals surface area contributed by atoms with Gasteiger partial charge in [-0.1, -0.05) is 18.2 Å². The topological polar surface area (TPSA) is 43.9 Å². The van der Waals surface area contributed by atoms with Gasteiger partial charge in [-0.2, -0.15) is 0 Å². The molecule has 1 aromatic heterocycles. The zero-order chi connectivity index (χ0) is 18.8. The van der Waals surface area contributed by atoms with Gasteiger partial charge in [0.15, 0.2) is 0 Å². The zero-order valence-corrected chi connectivity index (χ0v) is 16.8. The summed E-state index contributed by atoms with van der Waals surface area (Å²) in [6.07, 6.45) is 3.49. The van der Waals surface area contributed by atoms with Crippen LogP contribution in [-0.2, 0) is 4.79 Å². The summed E-state index contributed by atoms with van der Waals surface area (Å²) in [7, 11) is 0. The van der Waals surface area contributed by atoms with E-state index in [1.54, 1.807) is 11.3 Å². The molecule has 2 saturated heterocycles. The average Bonchev–Trinajstić information content (AvgIpc) is 3.05. The van der Waals surface area contributed by atoms with Crippen LogP contribution in [0.2, 0.25) is 0 Å². The minimum atomic E-state index is 0.135. The van der Waals surface area contributed by atoms with Gasteiger partial charge in [0, 0.05) is 44.0 Å². The van der Waals surface area contributed by atoms with Gasteiger partial charge >= 0.3 is 0 Å². The number of likely N-dealkylation sites (tertiary alicyclic amines) is 1. The molecule has 2 amide bonds. The van der Waals surface area contributed by atoms with E-state index in [1.807, 2.05) is 28.9 Å². The van der Waals surface area contributed by atoms with E-state index in [0.717, 1.165) is 49.5 Å². The van der Waals surface area contributed by atoms with Crippen molar-refractivity contribution in [2.45, 2.75) is 26.2 Å². The number of fused-ring (bicyclic) bond motifs is 1. The number of carbonyl (C=O) groups excluding carboxylic acids is 2. The van der Waals surface area contributed by atoms with Crippen LogP contribution in [0.3, 0.4) is 0 Å². The van der Waals surface area contributed by atoms with Crippen molar-refractivity contribution in [2.24, 2.45) is 0 Å². The summed E-state index contributed by atoms with van der Waals surface area (Å²) < 4.78 is 1.17. The minimum Gasteiger partial charge on any atom is -0.342 e. The van der Waals surface area contributed by atoms with Gasteiger partial charge in [-0.25, -0.2) is 0 Å². The molecule has 0 unspecified atom stereocenters. The lowest BCUT2D eigenvalue weighted by molar-refractivity contribution is -0.133. The molecule has 0 N–H and O–H groups in total. The highest BCUT2D eigenvalue weighted by atomic mass is 32.1. The van der Waals surface area contributed by atoms with Crippen molar-refractivity contribution in [1.82, 2.24) is 14.7 Å². The smallest absolute Gasteiger partial charge is 0.264 e. The molecule has 2 fully saturated rings. The number of hydrogen-bond acceptors (Lipinski definition) is 4. The number of carbonyl (C=O) groups is 2. The first kappa shape index (κ1) is 18.4. The molecule has 0 saturated carbocycles. The average molecular weight is 386 g/mol. The quantitative estimate of drug-likeness (QED) is 0.816. The number of nitrogens with zero attached hydrogens (tertiary/aromatic N) is 3. The summed E-state index contributed by atoms with van der Waals surface area (Å²) in [4.78, 5) is 32.5. The number of thiophene rings is 1. The number of rotatable bonds is 3. The molecule has 0 atom stereocenters. The van der Waals surface area contributed by atoms with Crippen LogP contribution in [0, 0.1) is 6.92 Å². The number of piperidine rings is 1. The summed E-state index contributed by atoms with van der Waals surface area (Å²) >= 11 is 1.59. The van der Waals surface area contributed by atoms with Crippen LogP contribution in [-0.4, -0.2) is 72.3 Å². The second kappa shape index (κ2) is 7.98. The number of benzene rings is 1. The standard InChI is InChI=1S/C21H27N3O2S/c1-16-17-7-3-4-8-18(17)27-20(16)21(26)24-13-11-22(12-14-24)15-19(25)23-9-5-2-6-10-23/h3-4,7-8H,2,5-6,9-15H2,1H3. The van der Waals surface area contributed by atoms with Crippen molar-refractivity contribution in [1.29, 1.82) is 0 Å². The first-order valence-corrected chi connectivity index (χ1v) is 10.7. The molecule has 27 heavy (non-hydrogen) atoms. The second-order valence-corrected chi connectivity index (χ2v) is 8.61. The Balaban J connectivity index is 1.35. The summed E-state index contributed by atoms with van der Waals surface area (Å²) in [6, 6.07) is 8.20. The predicted molar refractivity (Wildman–Crippen MR) is 109 cm³/mol. The van der Waals surface area contributed by atoms with Crippen LogP contribution in [0.1, 0.15) is 34.5 Å². The Morgan fingerprint density at radius 1 is 0.926 bits per heavy atom. The van der Waals surface area contributed by atoms with Crippen LogP contribution in [0.5, 0.6) is 0 Å². The van der Waals surface area contributed by atoms with E-state index in [9.17, 15) is 9.59 Å². The summed E-state index contributed by atoms with van der Waals surface area (Å²) in [6.45, 7) is 7.28. The fourth-order valence-corrected chi connectivity index (χ4v) is 5.24. The van der Waals surface area contributed by atoms with Crippen molar-refractivity contribution in [2.75, 3.05) is 45.8 Å². The maximum atomic E-state index is 13.0. The van der Waals surface area contributed by atoms with Crippen LogP contribution in [0.4, 0.5) is 0 Å². The van der Waals surface area contributed by atoms with Gasteiger partial charge in [0.05, 0.1) is 11.4 Å². The van der Waals surface area contributed by atoms with Gasteiger partial charge < -0.3 is 9.80 Å². The maximum Gasteiger partial charge on any atom is 0.264 e. The molecule has 0 bridgehead atoms. The van der Waals surface area contributed by atoms with E-state index in [4.69, 9.17) is 0 Å². The normalized spacial score (nSPS) is 18.9. The molecule has 0 aliphatic carbocycles. The van der Waals surface area contributed by atoms with Gasteiger partial charge in [-0.05, 0) is 43.2 Å². The number of aryl methyl sites for hydroxylation is 1. The first-order chi connectivity index (χ1) is 13.1. The van der Waals surface area contributed by atoms with Gasteiger partial charge in [-0.3, -0.25) is 14.5 Å². The largest absolute Gasteiger partial charge is 0.342 e. The molecule has 0 radical (unpaired) electrons. The van der Waals surface area contributed by atoms with E-state index >= 15 is 0 Å². The molecular weight excluding hydrogens is 358 g/mol. The van der Waals surface area contributed by atoms with E-state index in [2.05, 4.69) is 17.0 Å². The Kier molecular flexibility index (Phi) is 5.45. The molecule has 4 rings (SSSR count). The first-order valence-electron chi connectivity index (χ1n) is 9.91. The molecule has 2 aliphatic heterocycles. The van der Waals surface area contributed by atoms with Crippen molar-refractivity contribution in [3.05, 3.63) is 34.7 Å². The van der Waals surface area contributed by atoms with Crippen molar-refractivity contribution in [3.8, 4) is 0 Å². The van der Waals surface area contributed by atoms with E-state index in [-0.39, 0.29) is 11.8 Å². The van der Waals surface area contributed by atoms with E-state index in [0.29, 0.717) is 19.6 Å². The molecule has 2 aromatic rings. The molecule has 144 valence electrons. The highest BCUT2D eigenvalue weighted by molar-refractivity contribution is 7.21. The van der Waals surface area contributed by atoms with Crippen molar-refractivity contribution < 1.29 is 9.59 Å². The number of hydrogen-bond donors (Lipinski definition) is 0. The lowest BCUT2D eigenvalue weighted by Crippen LogP contribution is -2.52. The predicted octanol–water partition coefficient (Wildman–Crippen LogP) is 2.98. The monoisotopic (exact) mass is 385 g/mol. The molecule has 2 aliphatic rings. The minimum absolute atomic E-state index is 0.135. The number of piperazine rings is 1. The van der Waals surface area contributed by atoms with E-state index < -0.39 is 0 Å². The van der Waals surface area contributed by atoms with Gasteiger partial charge in [-0.15, -0.1) is 11.3 Å².